The maximum atomic E-state index is 6.05. The number of hydrogen-bond acceptors (Lipinski definition) is 6. The molecule has 0 unspecified atom stereocenters. The molecule has 0 spiro atoms. The average Bonchev–Trinajstić information content (AvgIpc) is 3.34. The highest BCUT2D eigenvalue weighted by atomic mass is 16.5. The number of nitrogens with one attached hydrogen (secondary N) is 1. The molecule has 150 valence electrons. The van der Waals surface area contributed by atoms with Gasteiger partial charge in [0, 0.05) is 18.3 Å². The van der Waals surface area contributed by atoms with Crippen molar-refractivity contribution >= 4 is 5.82 Å². The molecule has 7 nitrogen and oxygen atoms in total. The summed E-state index contributed by atoms with van der Waals surface area (Å²) >= 11 is 0. The molecule has 0 saturated heterocycles. The van der Waals surface area contributed by atoms with E-state index < -0.39 is 0 Å². The van der Waals surface area contributed by atoms with Crippen LogP contribution in [-0.4, -0.2) is 38.3 Å². The zero-order valence-electron chi connectivity index (χ0n) is 16.7. The van der Waals surface area contributed by atoms with Crippen LogP contribution in [0, 0.1) is 0 Å². The molecule has 2 aromatic heterocycles. The first-order valence-electron chi connectivity index (χ1n) is 10.1. The first-order valence-corrected chi connectivity index (χ1v) is 10.1. The van der Waals surface area contributed by atoms with Crippen LogP contribution in [0.5, 0.6) is 5.75 Å². The molecule has 1 atom stereocenters. The Kier molecular flexibility index (Phi) is 4.85. The number of tetrazole rings is 1. The fourth-order valence-corrected chi connectivity index (χ4v) is 3.83. The second-order valence-corrected chi connectivity index (χ2v) is 7.33. The van der Waals surface area contributed by atoms with Crippen LogP contribution in [0.4, 0.5) is 5.82 Å². The van der Waals surface area contributed by atoms with Crippen LogP contribution >= 0.6 is 0 Å². The van der Waals surface area contributed by atoms with Crippen LogP contribution in [0.3, 0.4) is 0 Å². The molecule has 1 aliphatic heterocycles. The number of aromatic nitrogens is 5. The fraction of sp³-hybridized carbons (Fsp3) is 0.217. The topological polar surface area (TPSA) is 79.8 Å². The Hall–Kier alpha value is -3.74. The number of hydrogen-bond donors (Lipinski definition) is 1. The van der Waals surface area contributed by atoms with Crippen molar-refractivity contribution in [2.24, 2.45) is 0 Å². The van der Waals surface area contributed by atoms with Crippen molar-refractivity contribution in [2.75, 3.05) is 11.4 Å². The Morgan fingerprint density at radius 1 is 1.03 bits per heavy atom. The molecule has 0 radical (unpaired) electrons. The van der Waals surface area contributed by atoms with Crippen LogP contribution in [0.25, 0.3) is 22.5 Å². The molecular formula is C23H22N6O. The Balaban J connectivity index is 1.41. The predicted octanol–water partition coefficient (Wildman–Crippen LogP) is 4.11. The Morgan fingerprint density at radius 3 is 2.63 bits per heavy atom. The van der Waals surface area contributed by atoms with Crippen molar-refractivity contribution < 1.29 is 4.74 Å². The number of aromatic amines is 1. The SMILES string of the molecule is CC[C@H]1CN(Cc2ccc(-c3ccccc3-c3nn[nH]n3)cc2)c2ncccc2O1. The summed E-state index contributed by atoms with van der Waals surface area (Å²) in [5, 5.41) is 14.5. The highest BCUT2D eigenvalue weighted by molar-refractivity contribution is 5.80. The van der Waals surface area contributed by atoms with Gasteiger partial charge in [0.25, 0.3) is 0 Å². The third kappa shape index (κ3) is 3.50. The predicted molar refractivity (Wildman–Crippen MR) is 115 cm³/mol. The molecule has 1 aliphatic rings. The second-order valence-electron chi connectivity index (χ2n) is 7.33. The summed E-state index contributed by atoms with van der Waals surface area (Å²) in [5.74, 6) is 2.37. The quantitative estimate of drug-likeness (QED) is 0.545. The summed E-state index contributed by atoms with van der Waals surface area (Å²) in [6, 6.07) is 20.6. The lowest BCUT2D eigenvalue weighted by Gasteiger charge is -2.35. The largest absolute Gasteiger partial charge is 0.485 e. The van der Waals surface area contributed by atoms with E-state index in [4.69, 9.17) is 4.74 Å². The van der Waals surface area contributed by atoms with Crippen LogP contribution in [-0.2, 0) is 6.54 Å². The molecule has 2 aromatic carbocycles. The number of anilines is 1. The summed E-state index contributed by atoms with van der Waals surface area (Å²) in [6.07, 6.45) is 2.97. The van der Waals surface area contributed by atoms with E-state index in [2.05, 4.69) is 67.8 Å². The van der Waals surface area contributed by atoms with Gasteiger partial charge in [-0.1, -0.05) is 55.5 Å². The van der Waals surface area contributed by atoms with Gasteiger partial charge in [-0.3, -0.25) is 0 Å². The third-order valence-corrected chi connectivity index (χ3v) is 5.38. The lowest BCUT2D eigenvalue weighted by molar-refractivity contribution is 0.187. The summed E-state index contributed by atoms with van der Waals surface area (Å²) in [5.41, 5.74) is 4.38. The minimum atomic E-state index is 0.183. The number of fused-ring (bicyclic) bond motifs is 1. The van der Waals surface area contributed by atoms with Gasteiger partial charge in [0.1, 0.15) is 6.10 Å². The van der Waals surface area contributed by atoms with Gasteiger partial charge >= 0.3 is 0 Å². The van der Waals surface area contributed by atoms with Gasteiger partial charge in [0.15, 0.2) is 11.6 Å². The smallest absolute Gasteiger partial charge is 0.205 e. The van der Waals surface area contributed by atoms with Crippen molar-refractivity contribution in [1.29, 1.82) is 0 Å². The van der Waals surface area contributed by atoms with E-state index in [-0.39, 0.29) is 6.10 Å². The molecule has 1 N–H and O–H groups in total. The molecule has 0 bridgehead atoms. The van der Waals surface area contributed by atoms with Crippen molar-refractivity contribution in [2.45, 2.75) is 26.0 Å². The molecule has 30 heavy (non-hydrogen) atoms. The van der Waals surface area contributed by atoms with Crippen molar-refractivity contribution in [1.82, 2.24) is 25.6 Å². The number of nitrogens with zero attached hydrogens (tertiary/aromatic N) is 5. The Bertz CT molecular complexity index is 1130. The van der Waals surface area contributed by atoms with E-state index in [9.17, 15) is 0 Å². The van der Waals surface area contributed by atoms with Crippen molar-refractivity contribution in [3.05, 3.63) is 72.4 Å². The van der Waals surface area contributed by atoms with Crippen LogP contribution in [0.2, 0.25) is 0 Å². The van der Waals surface area contributed by atoms with Gasteiger partial charge in [-0.25, -0.2) is 4.98 Å². The summed E-state index contributed by atoms with van der Waals surface area (Å²) in [4.78, 5) is 6.85. The first kappa shape index (κ1) is 18.3. The molecule has 0 fully saturated rings. The van der Waals surface area contributed by atoms with Crippen molar-refractivity contribution in [3.8, 4) is 28.3 Å². The minimum Gasteiger partial charge on any atom is -0.485 e. The highest BCUT2D eigenvalue weighted by Crippen LogP contribution is 2.33. The highest BCUT2D eigenvalue weighted by Gasteiger charge is 2.25. The number of pyridine rings is 1. The summed E-state index contributed by atoms with van der Waals surface area (Å²) in [7, 11) is 0. The van der Waals surface area contributed by atoms with E-state index in [1.165, 1.54) is 5.56 Å². The first-order chi connectivity index (χ1) is 14.8. The summed E-state index contributed by atoms with van der Waals surface area (Å²) < 4.78 is 6.05. The van der Waals surface area contributed by atoms with Gasteiger partial charge in [-0.2, -0.15) is 5.21 Å². The van der Waals surface area contributed by atoms with E-state index >= 15 is 0 Å². The molecular weight excluding hydrogens is 376 g/mol. The number of benzene rings is 2. The number of rotatable bonds is 5. The van der Waals surface area contributed by atoms with E-state index in [1.807, 2.05) is 36.5 Å². The van der Waals surface area contributed by atoms with Crippen LogP contribution in [0.15, 0.2) is 66.9 Å². The van der Waals surface area contributed by atoms with E-state index in [0.29, 0.717) is 5.82 Å². The second kappa shape index (κ2) is 7.94. The molecule has 0 saturated carbocycles. The fourth-order valence-electron chi connectivity index (χ4n) is 3.83. The molecule has 4 aromatic rings. The van der Waals surface area contributed by atoms with E-state index in [1.54, 1.807) is 0 Å². The molecule has 0 amide bonds. The van der Waals surface area contributed by atoms with Crippen molar-refractivity contribution in [3.63, 3.8) is 0 Å². The van der Waals surface area contributed by atoms with Gasteiger partial charge in [0.2, 0.25) is 5.82 Å². The number of ether oxygens (including phenoxy) is 1. The Labute approximate surface area is 174 Å². The zero-order chi connectivity index (χ0) is 20.3. The van der Waals surface area contributed by atoms with Gasteiger partial charge < -0.3 is 9.64 Å². The maximum absolute atomic E-state index is 6.05. The molecule has 5 rings (SSSR count). The third-order valence-electron chi connectivity index (χ3n) is 5.38. The zero-order valence-corrected chi connectivity index (χ0v) is 16.7. The maximum Gasteiger partial charge on any atom is 0.205 e. The van der Waals surface area contributed by atoms with E-state index in [0.717, 1.165) is 47.8 Å². The van der Waals surface area contributed by atoms with Crippen LogP contribution in [0.1, 0.15) is 18.9 Å². The van der Waals surface area contributed by atoms with Gasteiger partial charge in [-0.05, 0) is 40.5 Å². The lowest BCUT2D eigenvalue weighted by atomic mass is 9.98. The normalized spacial score (nSPS) is 15.5. The standard InChI is InChI=1S/C23H22N6O/c1-2-18-15-29(23-21(30-18)8-5-13-24-23)14-16-9-11-17(12-10-16)19-6-3-4-7-20(19)22-25-27-28-26-22/h3-13,18H,2,14-15H2,1H3,(H,25,26,27,28)/t18-/m0/s1. The minimum absolute atomic E-state index is 0.183. The monoisotopic (exact) mass is 398 g/mol. The molecule has 0 aliphatic carbocycles. The van der Waals surface area contributed by atoms with Gasteiger partial charge in [-0.15, -0.1) is 10.2 Å². The number of H-pyrrole nitrogens is 1. The average molecular weight is 398 g/mol. The van der Waals surface area contributed by atoms with Gasteiger partial charge in [0.05, 0.1) is 6.54 Å². The molecule has 3 heterocycles. The lowest BCUT2D eigenvalue weighted by Crippen LogP contribution is -2.39. The Morgan fingerprint density at radius 2 is 1.87 bits per heavy atom. The van der Waals surface area contributed by atoms with Crippen LogP contribution < -0.4 is 9.64 Å². The summed E-state index contributed by atoms with van der Waals surface area (Å²) in [6.45, 7) is 3.78. The molecule has 7 heteroatoms.